The minimum Gasteiger partial charge on any atom is -0.365 e. The number of piperidine rings is 1. The summed E-state index contributed by atoms with van der Waals surface area (Å²) in [5.74, 6) is 0.393. The number of fused-ring (bicyclic) bond motifs is 1. The number of carbonyl (C=O) groups excluding carboxylic acids is 2. The van der Waals surface area contributed by atoms with Crippen molar-refractivity contribution in [3.8, 4) is 0 Å². The van der Waals surface area contributed by atoms with Crippen LogP contribution in [0.3, 0.4) is 0 Å². The van der Waals surface area contributed by atoms with Gasteiger partial charge in [-0.15, -0.1) is 11.8 Å². The van der Waals surface area contributed by atoms with Gasteiger partial charge in [-0.3, -0.25) is 14.6 Å². The number of primary amides is 1. The molecule has 5 rings (SSSR count). The van der Waals surface area contributed by atoms with Gasteiger partial charge in [-0.2, -0.15) is 0 Å². The van der Waals surface area contributed by atoms with Crippen LogP contribution in [0.25, 0.3) is 10.9 Å². The predicted molar refractivity (Wildman–Crippen MR) is 148 cm³/mol. The molecule has 194 valence electrons. The van der Waals surface area contributed by atoms with Crippen molar-refractivity contribution in [1.82, 2.24) is 24.4 Å². The fourth-order valence-electron chi connectivity index (χ4n) is 4.73. The number of H-pyrrole nitrogens is 1. The first-order valence-corrected chi connectivity index (χ1v) is 13.9. The van der Waals surface area contributed by atoms with Gasteiger partial charge in [0.2, 0.25) is 0 Å². The lowest BCUT2D eigenvalue weighted by molar-refractivity contribution is 0.0681. The summed E-state index contributed by atoms with van der Waals surface area (Å²) in [6.45, 7) is 2.82. The van der Waals surface area contributed by atoms with Gasteiger partial charge >= 0.3 is 0 Å². The average molecular weight is 519 g/mol. The van der Waals surface area contributed by atoms with Crippen LogP contribution in [0.5, 0.6) is 0 Å². The Labute approximate surface area is 221 Å². The van der Waals surface area contributed by atoms with Gasteiger partial charge in [0, 0.05) is 56.0 Å². The topological polar surface area (TPSA) is 110 Å². The molecule has 37 heavy (non-hydrogen) atoms. The molecular weight excluding hydrogens is 484 g/mol. The highest BCUT2D eigenvalue weighted by Crippen LogP contribution is 2.26. The largest absolute Gasteiger partial charge is 0.365 e. The Morgan fingerprint density at radius 1 is 1.05 bits per heavy atom. The maximum absolute atomic E-state index is 12.8. The third-order valence-electron chi connectivity index (χ3n) is 6.77. The number of hydrogen-bond donors (Lipinski definition) is 2. The van der Waals surface area contributed by atoms with Gasteiger partial charge in [-0.1, -0.05) is 18.9 Å². The molecule has 1 saturated heterocycles. The fourth-order valence-corrected chi connectivity index (χ4v) is 5.27. The number of amides is 2. The van der Waals surface area contributed by atoms with Crippen LogP contribution in [0.2, 0.25) is 0 Å². The summed E-state index contributed by atoms with van der Waals surface area (Å²) < 4.78 is 2.34. The standard InChI is InChI=1S/C22H28N4OS.C6H6N2O/c1-28-21-19(6-4-10-24-21)22(27)26-12-7-17(8-13-26)5-2-3-11-25-14-9-18-15-23-16-20(18)25;7-6(9)5-3-1-2-4-8-5/h4,6,9-10,14-17,23H,2-3,5,7-8,11-13H2,1H3;1-4H,(H2,7,9). The monoisotopic (exact) mass is 518 g/mol. The first-order valence-electron chi connectivity index (χ1n) is 12.7. The van der Waals surface area contributed by atoms with Crippen LogP contribution in [-0.4, -0.2) is 55.6 Å². The van der Waals surface area contributed by atoms with Gasteiger partial charge < -0.3 is 20.2 Å². The Balaban J connectivity index is 0.000000301. The number of nitrogens with two attached hydrogens (primary N) is 1. The molecular formula is C28H34N6O2S. The minimum absolute atomic E-state index is 0.138. The average Bonchev–Trinajstić information content (AvgIpc) is 3.57. The molecule has 0 aromatic carbocycles. The molecule has 0 radical (unpaired) electrons. The lowest BCUT2D eigenvalue weighted by Gasteiger charge is -2.32. The van der Waals surface area contributed by atoms with E-state index >= 15 is 0 Å². The van der Waals surface area contributed by atoms with Gasteiger partial charge in [0.1, 0.15) is 10.7 Å². The molecule has 2 amide bonds. The molecule has 0 spiro atoms. The van der Waals surface area contributed by atoms with Crippen molar-refractivity contribution in [2.75, 3.05) is 19.3 Å². The molecule has 5 heterocycles. The number of carbonyl (C=O) groups is 2. The van der Waals surface area contributed by atoms with Crippen LogP contribution >= 0.6 is 11.8 Å². The van der Waals surface area contributed by atoms with Crippen molar-refractivity contribution in [2.24, 2.45) is 11.7 Å². The lowest BCUT2D eigenvalue weighted by atomic mass is 9.91. The molecule has 1 fully saturated rings. The molecule has 0 atom stereocenters. The first kappa shape index (κ1) is 26.5. The molecule has 0 bridgehead atoms. The Kier molecular flexibility index (Phi) is 9.37. The molecule has 0 aliphatic carbocycles. The van der Waals surface area contributed by atoms with Crippen LogP contribution in [0.4, 0.5) is 0 Å². The number of pyridine rings is 2. The number of nitrogens with one attached hydrogen (secondary N) is 1. The van der Waals surface area contributed by atoms with E-state index in [0.29, 0.717) is 5.69 Å². The Morgan fingerprint density at radius 2 is 1.86 bits per heavy atom. The molecule has 4 aromatic heterocycles. The summed E-state index contributed by atoms with van der Waals surface area (Å²) in [4.78, 5) is 36.4. The van der Waals surface area contributed by atoms with Crippen molar-refractivity contribution in [3.63, 3.8) is 0 Å². The van der Waals surface area contributed by atoms with Gasteiger partial charge in [-0.25, -0.2) is 4.98 Å². The Morgan fingerprint density at radius 3 is 2.57 bits per heavy atom. The van der Waals surface area contributed by atoms with Gasteiger partial charge in [0.05, 0.1) is 11.1 Å². The number of unbranched alkanes of at least 4 members (excludes halogenated alkanes) is 1. The van der Waals surface area contributed by atoms with Crippen molar-refractivity contribution in [3.05, 3.63) is 78.6 Å². The lowest BCUT2D eigenvalue weighted by Crippen LogP contribution is -2.38. The Hall–Kier alpha value is -3.59. The summed E-state index contributed by atoms with van der Waals surface area (Å²) in [6, 6.07) is 10.9. The van der Waals surface area contributed by atoms with Crippen molar-refractivity contribution in [1.29, 1.82) is 0 Å². The van der Waals surface area contributed by atoms with E-state index in [2.05, 4.69) is 44.2 Å². The number of hydrogen-bond acceptors (Lipinski definition) is 5. The molecule has 0 unspecified atom stereocenters. The Bertz CT molecular complexity index is 1290. The summed E-state index contributed by atoms with van der Waals surface area (Å²) in [6.07, 6.45) is 17.5. The number of aryl methyl sites for hydroxylation is 1. The second-order valence-electron chi connectivity index (χ2n) is 9.18. The van der Waals surface area contributed by atoms with E-state index in [4.69, 9.17) is 5.73 Å². The van der Waals surface area contributed by atoms with E-state index in [9.17, 15) is 9.59 Å². The SMILES string of the molecule is CSc1ncccc1C(=O)N1CCC(CCCCn2ccc3c[nH]cc32)CC1.NC(=O)c1ccccn1. The third-order valence-corrected chi connectivity index (χ3v) is 7.49. The van der Waals surface area contributed by atoms with E-state index < -0.39 is 5.91 Å². The highest BCUT2D eigenvalue weighted by Gasteiger charge is 2.25. The number of aromatic amines is 1. The quantitative estimate of drug-likeness (QED) is 0.252. The van der Waals surface area contributed by atoms with Crippen LogP contribution in [0.1, 0.15) is 53.0 Å². The van der Waals surface area contributed by atoms with Crippen LogP contribution in [-0.2, 0) is 6.54 Å². The minimum atomic E-state index is -0.490. The van der Waals surface area contributed by atoms with E-state index in [0.717, 1.165) is 49.0 Å². The number of nitrogens with zero attached hydrogens (tertiary/aromatic N) is 4. The second-order valence-corrected chi connectivity index (χ2v) is 9.97. The zero-order chi connectivity index (χ0) is 26.0. The number of thioether (sulfide) groups is 1. The fraction of sp³-hybridized carbons (Fsp3) is 0.357. The number of rotatable bonds is 8. The van der Waals surface area contributed by atoms with Gasteiger partial charge in [0.25, 0.3) is 11.8 Å². The molecule has 4 aromatic rings. The smallest absolute Gasteiger partial charge is 0.267 e. The normalized spacial score (nSPS) is 13.8. The maximum Gasteiger partial charge on any atom is 0.267 e. The van der Waals surface area contributed by atoms with Crippen LogP contribution in [0, 0.1) is 5.92 Å². The molecule has 1 aliphatic rings. The van der Waals surface area contributed by atoms with Crippen LogP contribution in [0.15, 0.2) is 72.4 Å². The number of aromatic nitrogens is 4. The van der Waals surface area contributed by atoms with Gasteiger partial charge in [-0.05, 0) is 61.8 Å². The highest BCUT2D eigenvalue weighted by atomic mass is 32.2. The maximum atomic E-state index is 12.8. The van der Waals surface area contributed by atoms with Gasteiger partial charge in [0.15, 0.2) is 0 Å². The van der Waals surface area contributed by atoms with E-state index in [1.165, 1.54) is 48.1 Å². The molecule has 1 aliphatic heterocycles. The summed E-state index contributed by atoms with van der Waals surface area (Å²) in [7, 11) is 0. The zero-order valence-electron chi connectivity index (χ0n) is 21.2. The molecule has 0 saturated carbocycles. The van der Waals surface area contributed by atoms with Crippen molar-refractivity contribution in [2.45, 2.75) is 43.7 Å². The predicted octanol–water partition coefficient (Wildman–Crippen LogP) is 4.99. The molecule has 3 N–H and O–H groups in total. The second kappa shape index (κ2) is 13.1. The van der Waals surface area contributed by atoms with Crippen molar-refractivity contribution < 1.29 is 9.59 Å². The zero-order valence-corrected chi connectivity index (χ0v) is 22.0. The van der Waals surface area contributed by atoms with E-state index in [1.807, 2.05) is 23.3 Å². The van der Waals surface area contributed by atoms with Crippen LogP contribution < -0.4 is 5.73 Å². The van der Waals surface area contributed by atoms with Crippen molar-refractivity contribution >= 4 is 34.5 Å². The molecule has 8 nitrogen and oxygen atoms in total. The number of likely N-dealkylation sites (tertiary alicyclic amines) is 1. The summed E-state index contributed by atoms with van der Waals surface area (Å²) in [5, 5.41) is 2.12. The highest BCUT2D eigenvalue weighted by molar-refractivity contribution is 7.98. The van der Waals surface area contributed by atoms with E-state index in [-0.39, 0.29) is 5.91 Å². The van der Waals surface area contributed by atoms with E-state index in [1.54, 1.807) is 24.4 Å². The third kappa shape index (κ3) is 7.01. The first-order chi connectivity index (χ1) is 18.1. The summed E-state index contributed by atoms with van der Waals surface area (Å²) >= 11 is 1.54. The molecule has 9 heteroatoms. The summed E-state index contributed by atoms with van der Waals surface area (Å²) in [5.41, 5.74) is 7.26.